The summed E-state index contributed by atoms with van der Waals surface area (Å²) < 4.78 is 21.0. The molecule has 0 saturated heterocycles. The average Bonchev–Trinajstić information content (AvgIpc) is 3.30. The van der Waals surface area contributed by atoms with Crippen molar-refractivity contribution in [1.29, 1.82) is 0 Å². The molecule has 206 valence electrons. The highest BCUT2D eigenvalue weighted by Gasteiger charge is 2.37. The highest BCUT2D eigenvalue weighted by atomic mass is 32.2. The zero-order chi connectivity index (χ0) is 28.2. The lowest BCUT2D eigenvalue weighted by atomic mass is 9.99. The predicted octanol–water partition coefficient (Wildman–Crippen LogP) is 5.77. The fourth-order valence-electron chi connectivity index (χ4n) is 4.70. The fraction of sp³-hybridized carbons (Fsp3) is 0.258. The molecule has 0 saturated carbocycles. The molecule has 4 aromatic rings. The Morgan fingerprint density at radius 1 is 1.10 bits per heavy atom. The van der Waals surface area contributed by atoms with Crippen molar-refractivity contribution >= 4 is 29.4 Å². The van der Waals surface area contributed by atoms with Gasteiger partial charge in [0.1, 0.15) is 23.9 Å². The third-order valence-electron chi connectivity index (χ3n) is 6.95. The molecule has 2 unspecified atom stereocenters. The Balaban J connectivity index is 1.76. The Morgan fingerprint density at radius 3 is 2.45 bits per heavy atom. The minimum absolute atomic E-state index is 0.0261. The van der Waals surface area contributed by atoms with Crippen molar-refractivity contribution in [3.05, 3.63) is 95.8 Å². The molecule has 9 heteroatoms. The number of thioether (sulfide) groups is 1. The van der Waals surface area contributed by atoms with E-state index in [1.54, 1.807) is 23.9 Å². The van der Waals surface area contributed by atoms with Crippen LogP contribution in [-0.2, 0) is 9.59 Å². The molecule has 1 aliphatic heterocycles. The number of amides is 2. The number of anilines is 1. The number of rotatable bonds is 8. The van der Waals surface area contributed by atoms with Crippen molar-refractivity contribution in [1.82, 2.24) is 15.1 Å². The smallest absolute Gasteiger partial charge is 0.240 e. The molecule has 7 nitrogen and oxygen atoms in total. The van der Waals surface area contributed by atoms with Crippen LogP contribution in [0.4, 0.5) is 10.2 Å². The number of benzene rings is 3. The van der Waals surface area contributed by atoms with Crippen LogP contribution in [0.1, 0.15) is 36.6 Å². The molecule has 0 bridgehead atoms. The fourth-order valence-corrected chi connectivity index (χ4v) is 5.90. The van der Waals surface area contributed by atoms with Crippen LogP contribution in [0.3, 0.4) is 0 Å². The average molecular weight is 559 g/mol. The van der Waals surface area contributed by atoms with Gasteiger partial charge in [0.25, 0.3) is 0 Å². The van der Waals surface area contributed by atoms with E-state index in [9.17, 15) is 14.0 Å². The Bertz CT molecular complexity index is 1490. The van der Waals surface area contributed by atoms with Crippen LogP contribution in [0.15, 0.2) is 78.9 Å². The van der Waals surface area contributed by atoms with E-state index in [-0.39, 0.29) is 41.2 Å². The van der Waals surface area contributed by atoms with Gasteiger partial charge in [-0.15, -0.1) is 11.8 Å². The van der Waals surface area contributed by atoms with Crippen LogP contribution >= 0.6 is 11.8 Å². The highest BCUT2D eigenvalue weighted by molar-refractivity contribution is 8.00. The molecule has 2 heterocycles. The number of fused-ring (bicyclic) bond motifs is 1. The molecular weight excluding hydrogens is 527 g/mol. The Morgan fingerprint density at radius 2 is 1.80 bits per heavy atom. The largest absolute Gasteiger partial charge is 0.497 e. The lowest BCUT2D eigenvalue weighted by Crippen LogP contribution is -2.44. The van der Waals surface area contributed by atoms with Crippen LogP contribution in [0.2, 0.25) is 0 Å². The van der Waals surface area contributed by atoms with E-state index in [0.29, 0.717) is 22.9 Å². The number of nitrogens with one attached hydrogen (secondary N) is 1. The van der Waals surface area contributed by atoms with Crippen LogP contribution in [0.5, 0.6) is 5.75 Å². The van der Waals surface area contributed by atoms with E-state index in [1.807, 2.05) is 68.4 Å². The molecule has 2 amide bonds. The molecule has 1 aromatic heterocycles. The number of nitrogens with zero attached hydrogens (tertiary/aromatic N) is 3. The van der Waals surface area contributed by atoms with Gasteiger partial charge in [0, 0.05) is 17.2 Å². The molecule has 0 radical (unpaired) electrons. The Kier molecular flexibility index (Phi) is 8.21. The normalized spacial score (nSPS) is 15.8. The SMILES string of the molecule is CCC(C)NC(=O)CN1C(=O)CSC(c2ccc(F)cc2)c2c(-c3ccccc3)nn(-c3ccc(OC)cc3)c21. The zero-order valence-electron chi connectivity index (χ0n) is 22.6. The van der Waals surface area contributed by atoms with Crippen molar-refractivity contribution in [2.45, 2.75) is 31.6 Å². The first kappa shape index (κ1) is 27.5. The van der Waals surface area contributed by atoms with Gasteiger partial charge in [-0.2, -0.15) is 5.10 Å². The van der Waals surface area contributed by atoms with E-state index in [4.69, 9.17) is 9.84 Å². The standard InChI is InChI=1S/C31H31FN4O3S/c1-4-20(2)33-26(37)18-35-27(38)19-40-30(22-10-12-23(32)13-11-22)28-29(21-8-6-5-7-9-21)34-36(31(28)35)24-14-16-25(39-3)17-15-24/h5-17,20,30H,4,18-19H2,1-3H3,(H,33,37). The summed E-state index contributed by atoms with van der Waals surface area (Å²) in [5.74, 6) is 0.564. The Labute approximate surface area is 237 Å². The van der Waals surface area contributed by atoms with Crippen LogP contribution in [0, 0.1) is 5.82 Å². The van der Waals surface area contributed by atoms with Gasteiger partial charge in [-0.05, 0) is 55.3 Å². The van der Waals surface area contributed by atoms with Gasteiger partial charge >= 0.3 is 0 Å². The second kappa shape index (κ2) is 12.0. The van der Waals surface area contributed by atoms with Crippen LogP contribution in [0.25, 0.3) is 16.9 Å². The topological polar surface area (TPSA) is 76.5 Å². The second-order valence-electron chi connectivity index (χ2n) is 9.66. The first-order chi connectivity index (χ1) is 19.4. The summed E-state index contributed by atoms with van der Waals surface area (Å²) in [6.45, 7) is 3.78. The minimum atomic E-state index is -0.334. The summed E-state index contributed by atoms with van der Waals surface area (Å²) in [5, 5.41) is 7.71. The first-order valence-corrected chi connectivity index (χ1v) is 14.2. The summed E-state index contributed by atoms with van der Waals surface area (Å²) >= 11 is 1.45. The maximum Gasteiger partial charge on any atom is 0.240 e. The minimum Gasteiger partial charge on any atom is -0.497 e. The highest BCUT2D eigenvalue weighted by Crippen LogP contribution is 2.48. The van der Waals surface area contributed by atoms with Crippen molar-refractivity contribution in [2.24, 2.45) is 0 Å². The molecule has 3 aromatic carbocycles. The summed E-state index contributed by atoms with van der Waals surface area (Å²) in [6, 6.07) is 23.5. The Hall–Kier alpha value is -4.11. The quantitative estimate of drug-likeness (QED) is 0.297. The summed E-state index contributed by atoms with van der Waals surface area (Å²) in [4.78, 5) is 28.4. The molecule has 0 aliphatic carbocycles. The summed E-state index contributed by atoms with van der Waals surface area (Å²) in [7, 11) is 1.60. The van der Waals surface area contributed by atoms with E-state index in [2.05, 4.69) is 5.32 Å². The number of ether oxygens (including phenoxy) is 1. The van der Waals surface area contributed by atoms with Gasteiger partial charge in [0.15, 0.2) is 0 Å². The van der Waals surface area contributed by atoms with Crippen LogP contribution in [-0.4, -0.2) is 47.0 Å². The van der Waals surface area contributed by atoms with E-state index in [1.165, 1.54) is 28.8 Å². The van der Waals surface area contributed by atoms with E-state index in [0.717, 1.165) is 23.1 Å². The number of hydrogen-bond acceptors (Lipinski definition) is 5. The lowest BCUT2D eigenvalue weighted by Gasteiger charge is -2.24. The maximum absolute atomic E-state index is 13.9. The zero-order valence-corrected chi connectivity index (χ0v) is 23.5. The van der Waals surface area contributed by atoms with E-state index >= 15 is 0 Å². The van der Waals surface area contributed by atoms with Crippen molar-refractivity contribution in [3.63, 3.8) is 0 Å². The summed E-state index contributed by atoms with van der Waals surface area (Å²) in [6.07, 6.45) is 0.773. The molecule has 5 rings (SSSR count). The van der Waals surface area contributed by atoms with Gasteiger partial charge in [0.05, 0.1) is 29.5 Å². The second-order valence-corrected chi connectivity index (χ2v) is 10.8. The molecule has 40 heavy (non-hydrogen) atoms. The van der Waals surface area contributed by atoms with Crippen molar-refractivity contribution < 1.29 is 18.7 Å². The molecule has 0 fully saturated rings. The number of carbonyl (C=O) groups excluding carboxylic acids is 2. The number of carbonyl (C=O) groups is 2. The summed E-state index contributed by atoms with van der Waals surface area (Å²) in [5.41, 5.74) is 3.91. The number of aromatic nitrogens is 2. The van der Waals surface area contributed by atoms with Gasteiger partial charge in [-0.25, -0.2) is 9.07 Å². The van der Waals surface area contributed by atoms with Crippen molar-refractivity contribution in [3.8, 4) is 22.7 Å². The lowest BCUT2D eigenvalue weighted by molar-refractivity contribution is -0.123. The van der Waals surface area contributed by atoms with E-state index < -0.39 is 0 Å². The monoisotopic (exact) mass is 558 g/mol. The van der Waals surface area contributed by atoms with Gasteiger partial charge < -0.3 is 10.1 Å². The third-order valence-corrected chi connectivity index (χ3v) is 8.20. The van der Waals surface area contributed by atoms with Crippen molar-refractivity contribution in [2.75, 3.05) is 24.3 Å². The molecular formula is C31H31FN4O3S. The van der Waals surface area contributed by atoms with Crippen LogP contribution < -0.4 is 15.0 Å². The van der Waals surface area contributed by atoms with Gasteiger partial charge in [-0.3, -0.25) is 14.5 Å². The molecule has 2 atom stereocenters. The maximum atomic E-state index is 13.9. The number of hydrogen-bond donors (Lipinski definition) is 1. The number of halogens is 1. The predicted molar refractivity (Wildman–Crippen MR) is 157 cm³/mol. The molecule has 1 aliphatic rings. The molecule has 0 spiro atoms. The third kappa shape index (κ3) is 5.60. The van der Waals surface area contributed by atoms with Gasteiger partial charge in [-0.1, -0.05) is 49.4 Å². The first-order valence-electron chi connectivity index (χ1n) is 13.2. The number of methoxy groups -OCH3 is 1. The molecule has 1 N–H and O–H groups in total. The van der Waals surface area contributed by atoms with Gasteiger partial charge in [0.2, 0.25) is 11.8 Å².